The van der Waals surface area contributed by atoms with Crippen LogP contribution in [0.1, 0.15) is 41.5 Å². The summed E-state index contributed by atoms with van der Waals surface area (Å²) in [5.41, 5.74) is 1.91. The van der Waals surface area contributed by atoms with E-state index in [1.165, 1.54) is 10.7 Å². The van der Waals surface area contributed by atoms with Crippen molar-refractivity contribution in [1.29, 1.82) is 0 Å². The van der Waals surface area contributed by atoms with Gasteiger partial charge in [-0.25, -0.2) is 9.78 Å². The molecule has 2 aromatic rings. The molecule has 0 amide bonds. The third-order valence-electron chi connectivity index (χ3n) is 2.39. The zero-order valence-electron chi connectivity index (χ0n) is 9.30. The van der Waals surface area contributed by atoms with Crippen molar-refractivity contribution in [2.75, 3.05) is 0 Å². The lowest BCUT2D eigenvalue weighted by molar-refractivity contribution is 0.0686. The second-order valence-electron chi connectivity index (χ2n) is 3.96. The highest BCUT2D eigenvalue weighted by Crippen LogP contribution is 2.18. The number of hydrogen-bond acceptors (Lipinski definition) is 4. The molecule has 16 heavy (non-hydrogen) atoms. The van der Waals surface area contributed by atoms with Crippen LogP contribution in [0.25, 0.3) is 5.65 Å². The maximum absolute atomic E-state index is 11.1. The van der Waals surface area contributed by atoms with Crippen molar-refractivity contribution in [2.45, 2.75) is 26.7 Å². The highest BCUT2D eigenvalue weighted by molar-refractivity contribution is 5.87. The van der Waals surface area contributed by atoms with E-state index in [0.29, 0.717) is 16.9 Å². The third kappa shape index (κ3) is 1.42. The van der Waals surface area contributed by atoms with Gasteiger partial charge < -0.3 is 5.11 Å². The summed E-state index contributed by atoms with van der Waals surface area (Å²) in [6.07, 6.45) is 1.54. The van der Waals surface area contributed by atoms with Crippen LogP contribution < -0.4 is 0 Å². The van der Waals surface area contributed by atoms with Crippen molar-refractivity contribution in [2.24, 2.45) is 0 Å². The van der Waals surface area contributed by atoms with Gasteiger partial charge in [0, 0.05) is 17.7 Å². The number of carboxylic acid groups (broad SMARTS) is 1. The predicted octanol–water partition coefficient (Wildman–Crippen LogP) is 1.25. The summed E-state index contributed by atoms with van der Waals surface area (Å²) in [5, 5.41) is 16.9. The Labute approximate surface area is 91.9 Å². The average Bonchev–Trinajstić information content (AvgIpc) is 2.59. The van der Waals surface area contributed by atoms with Gasteiger partial charge in [0.1, 0.15) is 5.69 Å². The molecular formula is C10H12N4O2. The van der Waals surface area contributed by atoms with E-state index in [9.17, 15) is 4.79 Å². The number of hydrogen-bond donors (Lipinski definition) is 1. The average molecular weight is 220 g/mol. The Balaban J connectivity index is 2.81. The van der Waals surface area contributed by atoms with Crippen molar-refractivity contribution < 1.29 is 9.90 Å². The Hall–Kier alpha value is -1.98. The predicted molar refractivity (Wildman–Crippen MR) is 56.6 cm³/mol. The number of carboxylic acids is 1. The van der Waals surface area contributed by atoms with E-state index in [-0.39, 0.29) is 11.6 Å². The van der Waals surface area contributed by atoms with Gasteiger partial charge in [-0.2, -0.15) is 4.52 Å². The number of aryl methyl sites for hydroxylation is 1. The van der Waals surface area contributed by atoms with Crippen molar-refractivity contribution in [3.05, 3.63) is 23.1 Å². The summed E-state index contributed by atoms with van der Waals surface area (Å²) in [5.74, 6) is -0.862. The minimum Gasteiger partial charge on any atom is -0.476 e. The van der Waals surface area contributed by atoms with E-state index in [4.69, 9.17) is 5.11 Å². The minimum absolute atomic E-state index is 0.115. The quantitative estimate of drug-likeness (QED) is 0.823. The van der Waals surface area contributed by atoms with Crippen LogP contribution in [0.3, 0.4) is 0 Å². The van der Waals surface area contributed by atoms with Crippen LogP contribution in [0.2, 0.25) is 0 Å². The number of aromatic nitrogens is 4. The van der Waals surface area contributed by atoms with Gasteiger partial charge in [0.2, 0.25) is 0 Å². The molecule has 0 atom stereocenters. The molecule has 0 radical (unpaired) electrons. The Morgan fingerprint density at radius 3 is 2.75 bits per heavy atom. The Morgan fingerprint density at radius 2 is 2.19 bits per heavy atom. The monoisotopic (exact) mass is 220 g/mol. The first-order valence-electron chi connectivity index (χ1n) is 4.96. The van der Waals surface area contributed by atoms with E-state index < -0.39 is 5.97 Å². The van der Waals surface area contributed by atoms with Gasteiger partial charge in [-0.3, -0.25) is 0 Å². The van der Waals surface area contributed by atoms with E-state index in [1.54, 1.807) is 6.92 Å². The first-order chi connectivity index (χ1) is 7.52. The van der Waals surface area contributed by atoms with Crippen LogP contribution >= 0.6 is 0 Å². The zero-order valence-corrected chi connectivity index (χ0v) is 9.30. The molecule has 0 saturated carbocycles. The maximum atomic E-state index is 11.1. The van der Waals surface area contributed by atoms with Crippen molar-refractivity contribution in [3.63, 3.8) is 0 Å². The van der Waals surface area contributed by atoms with Gasteiger partial charge in [0.15, 0.2) is 11.3 Å². The fraction of sp³-hybridized carbons (Fsp3) is 0.400. The molecule has 84 valence electrons. The number of rotatable bonds is 2. The molecule has 0 bridgehead atoms. The van der Waals surface area contributed by atoms with Crippen molar-refractivity contribution in [3.8, 4) is 0 Å². The first-order valence-corrected chi connectivity index (χ1v) is 4.96. The number of nitrogens with zero attached hydrogens (tertiary/aromatic N) is 4. The molecule has 0 unspecified atom stereocenters. The smallest absolute Gasteiger partial charge is 0.355 e. The molecule has 0 fully saturated rings. The van der Waals surface area contributed by atoms with E-state index >= 15 is 0 Å². The standard InChI is InChI=1S/C10H12N4O2/c1-5(2)7-9-11-4-6(3)8(10(15)16)14(9)13-12-7/h4-5H,1-3H3,(H,15,16). The lowest BCUT2D eigenvalue weighted by Gasteiger charge is -2.03. The van der Waals surface area contributed by atoms with Crippen LogP contribution in [0.15, 0.2) is 6.20 Å². The summed E-state index contributed by atoms with van der Waals surface area (Å²) < 4.78 is 1.28. The summed E-state index contributed by atoms with van der Waals surface area (Å²) in [7, 11) is 0. The summed E-state index contributed by atoms with van der Waals surface area (Å²) >= 11 is 0. The molecule has 6 nitrogen and oxygen atoms in total. The highest BCUT2D eigenvalue weighted by atomic mass is 16.4. The van der Waals surface area contributed by atoms with Crippen LogP contribution in [0, 0.1) is 6.92 Å². The van der Waals surface area contributed by atoms with Crippen LogP contribution in [0.5, 0.6) is 0 Å². The number of carbonyl (C=O) groups is 1. The molecule has 0 spiro atoms. The zero-order chi connectivity index (χ0) is 11.9. The lowest BCUT2D eigenvalue weighted by Crippen LogP contribution is -2.10. The third-order valence-corrected chi connectivity index (χ3v) is 2.39. The largest absolute Gasteiger partial charge is 0.476 e. The molecule has 2 heterocycles. The van der Waals surface area contributed by atoms with Crippen LogP contribution in [-0.4, -0.2) is 30.9 Å². The van der Waals surface area contributed by atoms with E-state index in [2.05, 4.69) is 15.3 Å². The molecular weight excluding hydrogens is 208 g/mol. The Kier molecular flexibility index (Phi) is 2.34. The van der Waals surface area contributed by atoms with Crippen molar-refractivity contribution >= 4 is 11.6 Å². The second-order valence-corrected chi connectivity index (χ2v) is 3.96. The highest BCUT2D eigenvalue weighted by Gasteiger charge is 2.18. The summed E-state index contributed by atoms with van der Waals surface area (Å²) in [6.45, 7) is 5.62. The molecule has 0 aliphatic carbocycles. The first kappa shape index (κ1) is 10.5. The topological polar surface area (TPSA) is 80.4 Å². The normalized spacial score (nSPS) is 11.2. The molecule has 0 aliphatic heterocycles. The van der Waals surface area contributed by atoms with Gasteiger partial charge in [-0.05, 0) is 6.92 Å². The van der Waals surface area contributed by atoms with Gasteiger partial charge in [-0.15, -0.1) is 5.10 Å². The van der Waals surface area contributed by atoms with Gasteiger partial charge in [0.05, 0.1) is 0 Å². The summed E-state index contributed by atoms with van der Waals surface area (Å²) in [6, 6.07) is 0. The second kappa shape index (κ2) is 3.55. The maximum Gasteiger partial charge on any atom is 0.355 e. The van der Waals surface area contributed by atoms with Gasteiger partial charge >= 0.3 is 5.97 Å². The number of fused-ring (bicyclic) bond motifs is 1. The molecule has 0 aliphatic rings. The lowest BCUT2D eigenvalue weighted by atomic mass is 10.1. The fourth-order valence-electron chi connectivity index (χ4n) is 1.58. The molecule has 6 heteroatoms. The number of aromatic carboxylic acids is 1. The van der Waals surface area contributed by atoms with Gasteiger partial charge in [-0.1, -0.05) is 19.1 Å². The van der Waals surface area contributed by atoms with Gasteiger partial charge in [0.25, 0.3) is 0 Å². The molecule has 0 aromatic carbocycles. The SMILES string of the molecule is Cc1cnc2c(C(C)C)nnn2c1C(=O)O. The molecule has 1 N–H and O–H groups in total. The van der Waals surface area contributed by atoms with Crippen molar-refractivity contribution in [1.82, 2.24) is 19.8 Å². The van der Waals surface area contributed by atoms with E-state index in [1.807, 2.05) is 13.8 Å². The molecule has 2 aromatic heterocycles. The minimum atomic E-state index is -1.02. The summed E-state index contributed by atoms with van der Waals surface area (Å²) in [4.78, 5) is 15.3. The fourth-order valence-corrected chi connectivity index (χ4v) is 1.58. The molecule has 0 saturated heterocycles. The Bertz CT molecular complexity index is 559. The Morgan fingerprint density at radius 1 is 1.50 bits per heavy atom. The van der Waals surface area contributed by atoms with Crippen LogP contribution in [0.4, 0.5) is 0 Å². The van der Waals surface area contributed by atoms with E-state index in [0.717, 1.165) is 0 Å². The molecule has 2 rings (SSSR count). The van der Waals surface area contributed by atoms with Crippen LogP contribution in [-0.2, 0) is 0 Å².